The summed E-state index contributed by atoms with van der Waals surface area (Å²) in [5.74, 6) is -3.07. The third-order valence-corrected chi connectivity index (χ3v) is 6.29. The van der Waals surface area contributed by atoms with Crippen LogP contribution in [0.2, 0.25) is 0 Å². The Hall–Kier alpha value is -1.53. The second kappa shape index (κ2) is 6.77. The monoisotopic (exact) mass is 412 g/mol. The lowest BCUT2D eigenvalue weighted by molar-refractivity contribution is 0.0974. The molecule has 1 aromatic carbocycles. The van der Waals surface area contributed by atoms with Crippen molar-refractivity contribution < 1.29 is 33.0 Å². The molecule has 0 spiro atoms. The van der Waals surface area contributed by atoms with Gasteiger partial charge in [-0.05, 0) is 66.2 Å². The first-order valence-electron chi connectivity index (χ1n) is 9.33. The molecular weight excluding hydrogens is 389 g/mol. The van der Waals surface area contributed by atoms with Crippen LogP contribution < -0.4 is 4.74 Å². The van der Waals surface area contributed by atoms with Gasteiger partial charge < -0.3 is 19.6 Å². The zero-order valence-electron chi connectivity index (χ0n) is 15.4. The number of fused-ring (bicyclic) bond motifs is 1. The Morgan fingerprint density at radius 3 is 2.68 bits per heavy atom. The predicted octanol–water partition coefficient (Wildman–Crippen LogP) is 3.81. The number of benzene rings is 1. The highest BCUT2D eigenvalue weighted by Gasteiger charge is 2.59. The van der Waals surface area contributed by atoms with Crippen LogP contribution in [0.15, 0.2) is 35.4 Å². The van der Waals surface area contributed by atoms with Crippen molar-refractivity contribution in [2.45, 2.75) is 50.6 Å². The molecule has 28 heavy (non-hydrogen) atoms. The fourth-order valence-corrected chi connectivity index (χ4v) is 4.76. The van der Waals surface area contributed by atoms with Crippen molar-refractivity contribution in [1.29, 1.82) is 0 Å². The Kier molecular flexibility index (Phi) is 4.78. The fraction of sp³-hybridized carbons (Fsp3) is 0.500. The number of allylic oxidation sites excluding steroid dienone is 2. The summed E-state index contributed by atoms with van der Waals surface area (Å²) in [6.07, 6.45) is 3.95. The smallest absolute Gasteiger partial charge is 0.362 e. The quantitative estimate of drug-likeness (QED) is 0.641. The second-order valence-electron chi connectivity index (χ2n) is 7.96. The summed E-state index contributed by atoms with van der Waals surface area (Å²) in [4.78, 5) is 18.0. The number of halogens is 2. The molecule has 3 N–H and O–H groups in total. The fourth-order valence-electron chi connectivity index (χ4n) is 4.44. The van der Waals surface area contributed by atoms with Gasteiger partial charge in [-0.2, -0.15) is 0 Å². The Bertz CT molecular complexity index is 917. The van der Waals surface area contributed by atoms with Gasteiger partial charge in [0, 0.05) is 12.3 Å². The molecule has 1 aromatic rings. The van der Waals surface area contributed by atoms with Gasteiger partial charge in [-0.1, -0.05) is 12.2 Å². The molecule has 3 aliphatic carbocycles. The summed E-state index contributed by atoms with van der Waals surface area (Å²) in [5.41, 5.74) is 4.51. The molecule has 0 amide bonds. The second-order valence-corrected chi connectivity index (χ2v) is 9.55. The molecule has 1 fully saturated rings. The van der Waals surface area contributed by atoms with Crippen molar-refractivity contribution in [1.82, 2.24) is 0 Å². The lowest BCUT2D eigenvalue weighted by Gasteiger charge is -2.24. The normalized spacial score (nSPS) is 28.4. The maximum absolute atomic E-state index is 13.5. The van der Waals surface area contributed by atoms with E-state index in [-0.39, 0.29) is 12.3 Å². The molecular formula is C20H23F2O5P. The standard InChI is InChI=1S/C20H23F2O5P/c1-11-6-14(27-10-28(24,25)26)7-13-2-4-15(19(11)13)12-3-5-18(23)16(8-12)17-9-20(17,21)22/h3,6-8,15,17-18,23H,2,4-5,9-10H2,1H3,(H2,24,25,26). The molecule has 152 valence electrons. The van der Waals surface area contributed by atoms with E-state index in [1.807, 2.05) is 13.0 Å². The molecule has 3 atom stereocenters. The maximum Gasteiger partial charge on any atom is 0.362 e. The number of rotatable bonds is 5. The summed E-state index contributed by atoms with van der Waals surface area (Å²) in [6, 6.07) is 3.56. The summed E-state index contributed by atoms with van der Waals surface area (Å²) >= 11 is 0. The molecule has 4 rings (SSSR count). The molecule has 5 nitrogen and oxygen atoms in total. The molecule has 0 radical (unpaired) electrons. The van der Waals surface area contributed by atoms with Crippen molar-refractivity contribution >= 4 is 7.60 Å². The van der Waals surface area contributed by atoms with Gasteiger partial charge in [0.15, 0.2) is 6.35 Å². The van der Waals surface area contributed by atoms with Crippen molar-refractivity contribution in [3.05, 3.63) is 52.1 Å². The maximum atomic E-state index is 13.5. The molecule has 0 saturated heterocycles. The third kappa shape index (κ3) is 3.81. The molecule has 3 unspecified atom stereocenters. The van der Waals surface area contributed by atoms with Gasteiger partial charge >= 0.3 is 7.60 Å². The highest BCUT2D eigenvalue weighted by Crippen LogP contribution is 2.55. The average Bonchev–Trinajstić information content (AvgIpc) is 3.02. The van der Waals surface area contributed by atoms with Crippen LogP contribution in [-0.4, -0.2) is 33.3 Å². The Morgan fingerprint density at radius 2 is 2.04 bits per heavy atom. The number of ether oxygens (including phenoxy) is 1. The lowest BCUT2D eigenvalue weighted by Crippen LogP contribution is -2.18. The van der Waals surface area contributed by atoms with E-state index in [1.54, 1.807) is 18.2 Å². The van der Waals surface area contributed by atoms with Crippen LogP contribution in [0, 0.1) is 12.8 Å². The molecule has 0 bridgehead atoms. The van der Waals surface area contributed by atoms with Crippen LogP contribution in [-0.2, 0) is 11.0 Å². The zero-order valence-corrected chi connectivity index (χ0v) is 16.3. The van der Waals surface area contributed by atoms with Crippen molar-refractivity contribution in [3.8, 4) is 5.75 Å². The van der Waals surface area contributed by atoms with Gasteiger partial charge in [0.05, 0.1) is 12.0 Å². The van der Waals surface area contributed by atoms with Crippen LogP contribution in [0.1, 0.15) is 41.9 Å². The van der Waals surface area contributed by atoms with Gasteiger partial charge in [0.1, 0.15) is 5.75 Å². The highest BCUT2D eigenvalue weighted by atomic mass is 31.2. The third-order valence-electron chi connectivity index (χ3n) is 5.82. The minimum Gasteiger partial charge on any atom is -0.481 e. The van der Waals surface area contributed by atoms with Crippen LogP contribution in [0.5, 0.6) is 5.75 Å². The largest absolute Gasteiger partial charge is 0.481 e. The van der Waals surface area contributed by atoms with Crippen molar-refractivity contribution in [2.75, 3.05) is 6.35 Å². The van der Waals surface area contributed by atoms with E-state index in [1.165, 1.54) is 0 Å². The van der Waals surface area contributed by atoms with E-state index in [9.17, 15) is 18.5 Å². The Labute approximate surface area is 161 Å². The first kappa shape index (κ1) is 19.8. The minimum atomic E-state index is -4.25. The Balaban J connectivity index is 1.59. The topological polar surface area (TPSA) is 87.0 Å². The summed E-state index contributed by atoms with van der Waals surface area (Å²) in [6.45, 7) is 1.92. The van der Waals surface area contributed by atoms with Gasteiger partial charge in [-0.3, -0.25) is 4.57 Å². The average molecular weight is 412 g/mol. The summed E-state index contributed by atoms with van der Waals surface area (Å²) < 4.78 is 43.3. The molecule has 3 aliphatic rings. The van der Waals surface area contributed by atoms with E-state index in [0.717, 1.165) is 35.1 Å². The first-order valence-corrected chi connectivity index (χ1v) is 11.1. The van der Waals surface area contributed by atoms with Crippen molar-refractivity contribution in [2.24, 2.45) is 5.92 Å². The summed E-state index contributed by atoms with van der Waals surface area (Å²) in [7, 11) is -4.25. The van der Waals surface area contributed by atoms with Gasteiger partial charge in [0.25, 0.3) is 5.92 Å². The van der Waals surface area contributed by atoms with Gasteiger partial charge in [-0.25, -0.2) is 8.78 Å². The van der Waals surface area contributed by atoms with Crippen LogP contribution in [0.25, 0.3) is 0 Å². The number of aliphatic hydroxyl groups excluding tert-OH is 1. The van der Waals surface area contributed by atoms with E-state index >= 15 is 0 Å². The van der Waals surface area contributed by atoms with E-state index < -0.39 is 31.9 Å². The number of hydrogen-bond acceptors (Lipinski definition) is 3. The number of alkyl halides is 2. The molecule has 1 saturated carbocycles. The van der Waals surface area contributed by atoms with Crippen LogP contribution in [0.3, 0.4) is 0 Å². The predicted molar refractivity (Wildman–Crippen MR) is 99.6 cm³/mol. The Morgan fingerprint density at radius 1 is 1.32 bits per heavy atom. The minimum absolute atomic E-state index is 0.0701. The lowest BCUT2D eigenvalue weighted by atomic mass is 9.83. The summed E-state index contributed by atoms with van der Waals surface area (Å²) in [5, 5.41) is 10.2. The highest BCUT2D eigenvalue weighted by molar-refractivity contribution is 7.51. The molecule has 8 heteroatoms. The number of hydrogen-bond donors (Lipinski definition) is 3. The van der Waals surface area contributed by atoms with Crippen LogP contribution >= 0.6 is 7.60 Å². The van der Waals surface area contributed by atoms with E-state index in [0.29, 0.717) is 17.7 Å². The SMILES string of the molecule is Cc1cc(OCP(=O)(O)O)cc2c1C(C1=CCC(O)C(C3CC3(F)F)=C1)CC2. The van der Waals surface area contributed by atoms with E-state index in [2.05, 4.69) is 0 Å². The molecule has 0 aromatic heterocycles. The van der Waals surface area contributed by atoms with Gasteiger partial charge in [0.2, 0.25) is 0 Å². The zero-order chi connectivity index (χ0) is 20.3. The first-order chi connectivity index (χ1) is 13.0. The van der Waals surface area contributed by atoms with Crippen LogP contribution in [0.4, 0.5) is 8.78 Å². The van der Waals surface area contributed by atoms with Gasteiger partial charge in [-0.15, -0.1) is 0 Å². The molecule has 0 heterocycles. The number of aryl methyl sites for hydroxylation is 2. The molecule has 0 aliphatic heterocycles. The van der Waals surface area contributed by atoms with E-state index in [4.69, 9.17) is 14.5 Å². The number of aliphatic hydroxyl groups is 1. The van der Waals surface area contributed by atoms with Crippen molar-refractivity contribution in [3.63, 3.8) is 0 Å².